The van der Waals surface area contributed by atoms with Gasteiger partial charge in [-0.2, -0.15) is 5.10 Å². The number of nitrogens with one attached hydrogen (secondary N) is 1. The summed E-state index contributed by atoms with van der Waals surface area (Å²) in [7, 11) is 0. The summed E-state index contributed by atoms with van der Waals surface area (Å²) in [6.45, 7) is 4.06. The zero-order valence-corrected chi connectivity index (χ0v) is 7.14. The first kappa shape index (κ1) is 9.16. The molecule has 0 aliphatic heterocycles. The molecule has 1 N–H and O–H groups in total. The number of alkyl halides is 2. The Balaban J connectivity index is 2.64. The van der Waals surface area contributed by atoms with Gasteiger partial charge in [0.1, 0.15) is 5.69 Å². The lowest BCUT2D eigenvalue weighted by atomic mass is 10.1. The molecule has 0 fully saturated rings. The van der Waals surface area contributed by atoms with Crippen molar-refractivity contribution >= 4 is 0 Å². The van der Waals surface area contributed by atoms with Crippen molar-refractivity contribution in [2.75, 3.05) is 0 Å². The maximum absolute atomic E-state index is 12.0. The number of hydrogen-bond donors (Lipinski definition) is 1. The molecular formula is C8H12F2N2. The molecule has 0 radical (unpaired) electrons. The van der Waals surface area contributed by atoms with Gasteiger partial charge in [0.05, 0.1) is 0 Å². The van der Waals surface area contributed by atoms with Crippen molar-refractivity contribution in [1.82, 2.24) is 10.2 Å². The smallest absolute Gasteiger partial charge is 0.282 e. The fraction of sp³-hybridized carbons (Fsp3) is 0.625. The van der Waals surface area contributed by atoms with Gasteiger partial charge in [0.25, 0.3) is 6.43 Å². The van der Waals surface area contributed by atoms with Gasteiger partial charge >= 0.3 is 0 Å². The van der Waals surface area contributed by atoms with Crippen molar-refractivity contribution in [2.24, 2.45) is 5.92 Å². The molecule has 0 spiro atoms. The van der Waals surface area contributed by atoms with Crippen LogP contribution in [0.4, 0.5) is 8.78 Å². The average Bonchev–Trinajstić information content (AvgIpc) is 2.34. The molecule has 1 aromatic heterocycles. The Morgan fingerprint density at radius 3 is 2.58 bits per heavy atom. The van der Waals surface area contributed by atoms with E-state index in [1.54, 1.807) is 0 Å². The molecule has 0 atom stereocenters. The lowest BCUT2D eigenvalue weighted by Crippen LogP contribution is -1.93. The number of hydrogen-bond acceptors (Lipinski definition) is 1. The average molecular weight is 174 g/mol. The highest BCUT2D eigenvalue weighted by Crippen LogP contribution is 2.17. The van der Waals surface area contributed by atoms with Crippen molar-refractivity contribution in [3.05, 3.63) is 17.5 Å². The summed E-state index contributed by atoms with van der Waals surface area (Å²) in [5, 5.41) is 6.08. The van der Waals surface area contributed by atoms with Crippen LogP contribution >= 0.6 is 0 Å². The summed E-state index contributed by atoms with van der Waals surface area (Å²) in [5.41, 5.74) is 0.617. The summed E-state index contributed by atoms with van der Waals surface area (Å²) in [4.78, 5) is 0. The third kappa shape index (κ3) is 2.29. The third-order valence-corrected chi connectivity index (χ3v) is 1.50. The van der Waals surface area contributed by atoms with E-state index in [4.69, 9.17) is 0 Å². The van der Waals surface area contributed by atoms with E-state index in [1.807, 2.05) is 13.8 Å². The van der Waals surface area contributed by atoms with Gasteiger partial charge in [-0.1, -0.05) is 13.8 Å². The number of halogens is 2. The van der Waals surface area contributed by atoms with Gasteiger partial charge in [-0.05, 0) is 18.4 Å². The first-order valence-corrected chi connectivity index (χ1v) is 3.92. The third-order valence-electron chi connectivity index (χ3n) is 1.50. The molecule has 0 aromatic carbocycles. The molecule has 0 aliphatic rings. The Bertz CT molecular complexity index is 243. The van der Waals surface area contributed by atoms with E-state index >= 15 is 0 Å². The van der Waals surface area contributed by atoms with Crippen LogP contribution in [0.3, 0.4) is 0 Å². The normalized spacial score (nSPS) is 11.5. The van der Waals surface area contributed by atoms with Crippen molar-refractivity contribution in [3.63, 3.8) is 0 Å². The van der Waals surface area contributed by atoms with Crippen LogP contribution in [0.5, 0.6) is 0 Å². The van der Waals surface area contributed by atoms with Gasteiger partial charge in [0.15, 0.2) is 0 Å². The van der Waals surface area contributed by atoms with Gasteiger partial charge in [-0.25, -0.2) is 8.78 Å². The topological polar surface area (TPSA) is 28.7 Å². The van der Waals surface area contributed by atoms with Gasteiger partial charge < -0.3 is 0 Å². The summed E-state index contributed by atoms with van der Waals surface area (Å²) < 4.78 is 24.1. The number of nitrogens with zero attached hydrogens (tertiary/aromatic N) is 1. The SMILES string of the molecule is CC(C)Cc1cc(C(F)F)n[nH]1. The van der Waals surface area contributed by atoms with Crippen LogP contribution in [0.25, 0.3) is 0 Å². The fourth-order valence-electron chi connectivity index (χ4n) is 1.04. The van der Waals surface area contributed by atoms with Crippen molar-refractivity contribution in [2.45, 2.75) is 26.7 Å². The summed E-state index contributed by atoms with van der Waals surface area (Å²) in [6, 6.07) is 1.42. The van der Waals surface area contributed by atoms with Gasteiger partial charge in [-0.15, -0.1) is 0 Å². The van der Waals surface area contributed by atoms with E-state index in [0.29, 0.717) is 5.92 Å². The van der Waals surface area contributed by atoms with Crippen LogP contribution < -0.4 is 0 Å². The molecule has 0 unspecified atom stereocenters. The lowest BCUT2D eigenvalue weighted by molar-refractivity contribution is 0.146. The minimum Gasteiger partial charge on any atom is -0.282 e. The van der Waals surface area contributed by atoms with Gasteiger partial charge in [0.2, 0.25) is 0 Å². The van der Waals surface area contributed by atoms with Crippen LogP contribution in [0.1, 0.15) is 31.7 Å². The van der Waals surface area contributed by atoms with E-state index in [1.165, 1.54) is 6.07 Å². The van der Waals surface area contributed by atoms with Crippen molar-refractivity contribution < 1.29 is 8.78 Å². The maximum Gasteiger partial charge on any atom is 0.282 e. The molecule has 0 saturated carbocycles. The molecule has 0 aliphatic carbocycles. The predicted molar refractivity (Wildman–Crippen MR) is 42.1 cm³/mol. The Labute approximate surface area is 70.0 Å². The monoisotopic (exact) mass is 174 g/mol. The van der Waals surface area contributed by atoms with E-state index in [-0.39, 0.29) is 5.69 Å². The second-order valence-electron chi connectivity index (χ2n) is 3.22. The fourth-order valence-corrected chi connectivity index (χ4v) is 1.04. The predicted octanol–water partition coefficient (Wildman–Crippen LogP) is 2.55. The zero-order chi connectivity index (χ0) is 9.14. The largest absolute Gasteiger partial charge is 0.282 e. The molecule has 2 nitrogen and oxygen atoms in total. The lowest BCUT2D eigenvalue weighted by Gasteiger charge is -1.98. The second-order valence-corrected chi connectivity index (χ2v) is 3.22. The Morgan fingerprint density at radius 2 is 2.17 bits per heavy atom. The number of aromatic amines is 1. The molecule has 1 heterocycles. The van der Waals surface area contributed by atoms with E-state index in [9.17, 15) is 8.78 Å². The highest BCUT2D eigenvalue weighted by atomic mass is 19.3. The van der Waals surface area contributed by atoms with Crippen LogP contribution in [-0.4, -0.2) is 10.2 Å². The standard InChI is InChI=1S/C8H12F2N2/c1-5(2)3-6-4-7(8(9)10)12-11-6/h4-5,8H,3H2,1-2H3,(H,11,12). The van der Waals surface area contributed by atoms with Gasteiger partial charge in [-0.3, -0.25) is 5.10 Å². The quantitative estimate of drug-likeness (QED) is 0.749. The minimum absolute atomic E-state index is 0.161. The number of H-pyrrole nitrogens is 1. The van der Waals surface area contributed by atoms with Crippen LogP contribution in [-0.2, 0) is 6.42 Å². The Morgan fingerprint density at radius 1 is 1.50 bits per heavy atom. The van der Waals surface area contributed by atoms with Crippen LogP contribution in [0, 0.1) is 5.92 Å². The molecule has 1 aromatic rings. The van der Waals surface area contributed by atoms with Crippen LogP contribution in [0.2, 0.25) is 0 Å². The maximum atomic E-state index is 12.0. The van der Waals surface area contributed by atoms with E-state index < -0.39 is 6.43 Å². The molecule has 0 bridgehead atoms. The minimum atomic E-state index is -2.47. The molecule has 1 rings (SSSR count). The molecule has 0 amide bonds. The number of rotatable bonds is 3. The number of aromatic nitrogens is 2. The second kappa shape index (κ2) is 3.65. The molecular weight excluding hydrogens is 162 g/mol. The van der Waals surface area contributed by atoms with Gasteiger partial charge in [0, 0.05) is 5.69 Å². The zero-order valence-electron chi connectivity index (χ0n) is 7.14. The summed E-state index contributed by atoms with van der Waals surface area (Å²) in [6.07, 6.45) is -1.71. The van der Waals surface area contributed by atoms with Crippen molar-refractivity contribution in [3.8, 4) is 0 Å². The summed E-state index contributed by atoms with van der Waals surface area (Å²) >= 11 is 0. The highest BCUT2D eigenvalue weighted by molar-refractivity contribution is 5.09. The first-order valence-electron chi connectivity index (χ1n) is 3.92. The summed E-state index contributed by atoms with van der Waals surface area (Å²) in [5.74, 6) is 0.455. The first-order chi connectivity index (χ1) is 5.59. The van der Waals surface area contributed by atoms with Crippen LogP contribution in [0.15, 0.2) is 6.07 Å². The van der Waals surface area contributed by atoms with E-state index in [2.05, 4.69) is 10.2 Å². The molecule has 0 saturated heterocycles. The van der Waals surface area contributed by atoms with Crippen molar-refractivity contribution in [1.29, 1.82) is 0 Å². The Hall–Kier alpha value is -0.930. The molecule has 12 heavy (non-hydrogen) atoms. The van der Waals surface area contributed by atoms with E-state index in [0.717, 1.165) is 12.1 Å². The highest BCUT2D eigenvalue weighted by Gasteiger charge is 2.11. The molecule has 4 heteroatoms. The molecule has 68 valence electrons. The Kier molecular flexibility index (Phi) is 2.78.